The Morgan fingerprint density at radius 2 is 2.13 bits per heavy atom. The molecule has 0 saturated heterocycles. The molecule has 0 aliphatic carbocycles. The number of hydrogen-bond donors (Lipinski definition) is 1. The van der Waals surface area contributed by atoms with Crippen LogP contribution in [-0.2, 0) is 6.42 Å². The van der Waals surface area contributed by atoms with Gasteiger partial charge in [0.2, 0.25) is 0 Å². The van der Waals surface area contributed by atoms with E-state index < -0.39 is 0 Å². The summed E-state index contributed by atoms with van der Waals surface area (Å²) in [6.07, 6.45) is 2.95. The van der Waals surface area contributed by atoms with Gasteiger partial charge >= 0.3 is 0 Å². The summed E-state index contributed by atoms with van der Waals surface area (Å²) in [5.74, 6) is 1.41. The first-order valence-corrected chi connectivity index (χ1v) is 6.64. The molecule has 0 radical (unpaired) electrons. The fraction of sp³-hybridized carbons (Fsp3) is 0.750. The second-order valence-electron chi connectivity index (χ2n) is 4.40. The van der Waals surface area contributed by atoms with E-state index in [0.29, 0.717) is 17.9 Å². The van der Waals surface area contributed by atoms with Crippen LogP contribution in [0.2, 0.25) is 0 Å². The van der Waals surface area contributed by atoms with Gasteiger partial charge in [0.15, 0.2) is 0 Å². The van der Waals surface area contributed by atoms with Gasteiger partial charge in [0.1, 0.15) is 0 Å². The van der Waals surface area contributed by atoms with Crippen LogP contribution in [0.1, 0.15) is 32.7 Å². The quantitative estimate of drug-likeness (QED) is 0.806. The summed E-state index contributed by atoms with van der Waals surface area (Å²) in [5.41, 5.74) is 0. The Bertz CT molecular complexity index is 257. The molecule has 2 atom stereocenters. The van der Waals surface area contributed by atoms with Crippen molar-refractivity contribution in [1.82, 2.24) is 10.3 Å². The molecule has 0 aliphatic rings. The Balaban J connectivity index is 2.57. The average molecular weight is 226 g/mol. The summed E-state index contributed by atoms with van der Waals surface area (Å²) in [6.45, 7) is 10.1. The van der Waals surface area contributed by atoms with E-state index in [1.807, 2.05) is 6.20 Å². The van der Waals surface area contributed by atoms with Crippen molar-refractivity contribution in [3.05, 3.63) is 16.6 Å². The van der Waals surface area contributed by atoms with Crippen LogP contribution in [0.4, 0.5) is 0 Å². The first-order valence-electron chi connectivity index (χ1n) is 5.76. The van der Waals surface area contributed by atoms with E-state index in [-0.39, 0.29) is 0 Å². The van der Waals surface area contributed by atoms with Crippen molar-refractivity contribution < 1.29 is 0 Å². The second kappa shape index (κ2) is 6.23. The standard InChI is InChI=1S/C12H22N2S/c1-5-13-11(10(4)9(2)3)8-12-14-6-7-15-12/h6-7,9-11,13H,5,8H2,1-4H3. The fourth-order valence-corrected chi connectivity index (χ4v) is 2.39. The van der Waals surface area contributed by atoms with E-state index in [1.54, 1.807) is 11.3 Å². The second-order valence-corrected chi connectivity index (χ2v) is 5.38. The van der Waals surface area contributed by atoms with Crippen molar-refractivity contribution in [2.75, 3.05) is 6.54 Å². The summed E-state index contributed by atoms with van der Waals surface area (Å²) in [7, 11) is 0. The SMILES string of the molecule is CCNC(Cc1nccs1)C(C)C(C)C. The Morgan fingerprint density at radius 1 is 1.40 bits per heavy atom. The molecule has 86 valence electrons. The Labute approximate surface area is 97.1 Å². The van der Waals surface area contributed by atoms with Crippen LogP contribution in [0.25, 0.3) is 0 Å². The number of nitrogens with one attached hydrogen (secondary N) is 1. The smallest absolute Gasteiger partial charge is 0.0940 e. The van der Waals surface area contributed by atoms with E-state index >= 15 is 0 Å². The molecule has 2 nitrogen and oxygen atoms in total. The molecular formula is C12H22N2S. The number of aromatic nitrogens is 1. The maximum atomic E-state index is 4.36. The van der Waals surface area contributed by atoms with Crippen LogP contribution in [0.15, 0.2) is 11.6 Å². The molecule has 3 heteroatoms. The minimum atomic E-state index is 0.557. The molecule has 15 heavy (non-hydrogen) atoms. The van der Waals surface area contributed by atoms with Gasteiger partial charge < -0.3 is 5.32 Å². The molecule has 0 fully saturated rings. The predicted molar refractivity (Wildman–Crippen MR) is 67.3 cm³/mol. The molecule has 1 N–H and O–H groups in total. The van der Waals surface area contributed by atoms with Gasteiger partial charge in [0.05, 0.1) is 5.01 Å². The number of rotatable bonds is 6. The third kappa shape index (κ3) is 3.92. The van der Waals surface area contributed by atoms with E-state index in [4.69, 9.17) is 0 Å². The van der Waals surface area contributed by atoms with Gasteiger partial charge in [-0.15, -0.1) is 11.3 Å². The highest BCUT2D eigenvalue weighted by atomic mass is 32.1. The number of thiazole rings is 1. The van der Waals surface area contributed by atoms with E-state index in [0.717, 1.165) is 13.0 Å². The van der Waals surface area contributed by atoms with Gasteiger partial charge in [-0.05, 0) is 18.4 Å². The lowest BCUT2D eigenvalue weighted by molar-refractivity contribution is 0.300. The Hall–Kier alpha value is -0.410. The molecule has 1 heterocycles. The Kier molecular flexibility index (Phi) is 5.26. The van der Waals surface area contributed by atoms with E-state index in [9.17, 15) is 0 Å². The molecule has 0 saturated carbocycles. The summed E-state index contributed by atoms with van der Waals surface area (Å²) >= 11 is 1.76. The molecule has 0 spiro atoms. The monoisotopic (exact) mass is 226 g/mol. The normalized spacial score (nSPS) is 15.5. The summed E-state index contributed by atoms with van der Waals surface area (Å²) in [4.78, 5) is 4.36. The van der Waals surface area contributed by atoms with Crippen molar-refractivity contribution in [3.63, 3.8) is 0 Å². The molecule has 0 bridgehead atoms. The third-order valence-electron chi connectivity index (χ3n) is 3.03. The van der Waals surface area contributed by atoms with Gasteiger partial charge in [-0.1, -0.05) is 27.7 Å². The van der Waals surface area contributed by atoms with E-state index in [2.05, 4.69) is 43.4 Å². The number of likely N-dealkylation sites (N-methyl/N-ethyl adjacent to an activating group) is 1. The van der Waals surface area contributed by atoms with Crippen molar-refractivity contribution >= 4 is 11.3 Å². The van der Waals surface area contributed by atoms with Crippen LogP contribution < -0.4 is 5.32 Å². The molecular weight excluding hydrogens is 204 g/mol. The number of hydrogen-bond acceptors (Lipinski definition) is 3. The van der Waals surface area contributed by atoms with Gasteiger partial charge in [0.25, 0.3) is 0 Å². The zero-order valence-electron chi connectivity index (χ0n) is 10.2. The fourth-order valence-electron chi connectivity index (χ4n) is 1.71. The van der Waals surface area contributed by atoms with Crippen LogP contribution in [0, 0.1) is 11.8 Å². The lowest BCUT2D eigenvalue weighted by Crippen LogP contribution is -2.38. The molecule has 1 aromatic heterocycles. The molecule has 0 aromatic carbocycles. The highest BCUT2D eigenvalue weighted by Gasteiger charge is 2.20. The van der Waals surface area contributed by atoms with Crippen LogP contribution >= 0.6 is 11.3 Å². The minimum Gasteiger partial charge on any atom is -0.314 e. The first-order chi connectivity index (χ1) is 7.15. The van der Waals surface area contributed by atoms with Gasteiger partial charge in [-0.3, -0.25) is 0 Å². The minimum absolute atomic E-state index is 0.557. The van der Waals surface area contributed by atoms with Crippen molar-refractivity contribution in [2.45, 2.75) is 40.2 Å². The predicted octanol–water partition coefficient (Wildman–Crippen LogP) is 2.96. The van der Waals surface area contributed by atoms with Crippen LogP contribution in [0.5, 0.6) is 0 Å². The highest BCUT2D eigenvalue weighted by molar-refractivity contribution is 7.09. The van der Waals surface area contributed by atoms with Crippen molar-refractivity contribution in [1.29, 1.82) is 0 Å². The highest BCUT2D eigenvalue weighted by Crippen LogP contribution is 2.19. The maximum absolute atomic E-state index is 4.36. The van der Waals surface area contributed by atoms with Crippen LogP contribution in [0.3, 0.4) is 0 Å². The zero-order valence-corrected chi connectivity index (χ0v) is 11.0. The molecule has 1 aromatic rings. The summed E-state index contributed by atoms with van der Waals surface area (Å²) < 4.78 is 0. The molecule has 1 rings (SSSR count). The topological polar surface area (TPSA) is 24.9 Å². The molecule has 2 unspecified atom stereocenters. The Morgan fingerprint density at radius 3 is 2.60 bits per heavy atom. The van der Waals surface area contributed by atoms with Gasteiger partial charge in [-0.2, -0.15) is 0 Å². The molecule has 0 aliphatic heterocycles. The van der Waals surface area contributed by atoms with E-state index in [1.165, 1.54) is 5.01 Å². The van der Waals surface area contributed by atoms with Crippen LogP contribution in [-0.4, -0.2) is 17.6 Å². The van der Waals surface area contributed by atoms with Crippen molar-refractivity contribution in [2.24, 2.45) is 11.8 Å². The van der Waals surface area contributed by atoms with Crippen molar-refractivity contribution in [3.8, 4) is 0 Å². The number of nitrogens with zero attached hydrogens (tertiary/aromatic N) is 1. The van der Waals surface area contributed by atoms with Gasteiger partial charge in [0, 0.05) is 24.0 Å². The lowest BCUT2D eigenvalue weighted by atomic mass is 9.88. The summed E-state index contributed by atoms with van der Waals surface area (Å²) in [6, 6.07) is 0.557. The summed E-state index contributed by atoms with van der Waals surface area (Å²) in [5, 5.41) is 6.87. The third-order valence-corrected chi connectivity index (χ3v) is 3.83. The first kappa shape index (κ1) is 12.7. The average Bonchev–Trinajstić information content (AvgIpc) is 2.68. The maximum Gasteiger partial charge on any atom is 0.0940 e. The lowest BCUT2D eigenvalue weighted by Gasteiger charge is -2.27. The largest absolute Gasteiger partial charge is 0.314 e. The zero-order chi connectivity index (χ0) is 11.3. The van der Waals surface area contributed by atoms with Gasteiger partial charge in [-0.25, -0.2) is 4.98 Å². The molecule has 0 amide bonds.